The third-order valence-electron chi connectivity index (χ3n) is 11.2. The van der Waals surface area contributed by atoms with E-state index in [-0.39, 0.29) is 31.1 Å². The molecule has 340 valence electrons. The Morgan fingerprint density at radius 3 is 0.966 bits per heavy atom. The third kappa shape index (κ3) is 45.0. The lowest BCUT2D eigenvalue weighted by molar-refractivity contribution is -0.167. The van der Waals surface area contributed by atoms with Gasteiger partial charge in [-0.05, 0) is 38.5 Å². The van der Waals surface area contributed by atoms with Gasteiger partial charge in [0, 0.05) is 19.3 Å². The maximum absolute atomic E-state index is 12.8. The van der Waals surface area contributed by atoms with Crippen LogP contribution in [0.2, 0.25) is 0 Å². The van der Waals surface area contributed by atoms with Crippen LogP contribution in [0.5, 0.6) is 0 Å². The van der Waals surface area contributed by atoms with Gasteiger partial charge in [-0.3, -0.25) is 14.4 Å². The van der Waals surface area contributed by atoms with Gasteiger partial charge in [0.05, 0.1) is 0 Å². The second kappa shape index (κ2) is 47.6. The van der Waals surface area contributed by atoms with E-state index in [4.69, 9.17) is 14.2 Å². The largest absolute Gasteiger partial charge is 0.462 e. The molecule has 0 saturated carbocycles. The second-order valence-electron chi connectivity index (χ2n) is 17.1. The Morgan fingerprint density at radius 2 is 0.621 bits per heavy atom. The zero-order valence-electron chi connectivity index (χ0n) is 38.8. The highest BCUT2D eigenvalue weighted by molar-refractivity contribution is 5.71. The van der Waals surface area contributed by atoms with E-state index in [1.807, 2.05) is 0 Å². The molecule has 0 fully saturated rings. The Morgan fingerprint density at radius 1 is 0.345 bits per heavy atom. The number of hydrogen-bond acceptors (Lipinski definition) is 6. The molecule has 1 unspecified atom stereocenters. The first-order chi connectivity index (χ1) is 28.5. The van der Waals surface area contributed by atoms with Crippen molar-refractivity contribution in [2.45, 2.75) is 277 Å². The molecule has 0 rings (SSSR count). The van der Waals surface area contributed by atoms with Gasteiger partial charge in [0.25, 0.3) is 0 Å². The normalized spacial score (nSPS) is 12.1. The van der Waals surface area contributed by atoms with E-state index >= 15 is 0 Å². The van der Waals surface area contributed by atoms with Gasteiger partial charge in [-0.1, -0.05) is 238 Å². The zero-order valence-corrected chi connectivity index (χ0v) is 38.8. The van der Waals surface area contributed by atoms with Crippen molar-refractivity contribution in [3.05, 3.63) is 24.3 Å². The Bertz CT molecular complexity index is 942. The number of hydrogen-bond donors (Lipinski definition) is 0. The van der Waals surface area contributed by atoms with Gasteiger partial charge in [0.1, 0.15) is 13.2 Å². The summed E-state index contributed by atoms with van der Waals surface area (Å²) in [4.78, 5) is 37.9. The fourth-order valence-electron chi connectivity index (χ4n) is 7.36. The van der Waals surface area contributed by atoms with E-state index in [1.165, 1.54) is 161 Å². The molecular formula is C52H96O6. The topological polar surface area (TPSA) is 78.9 Å². The lowest BCUT2D eigenvalue weighted by Crippen LogP contribution is -2.30. The molecule has 0 radical (unpaired) electrons. The molecule has 58 heavy (non-hydrogen) atoms. The number of unbranched alkanes of at least 4 members (excludes halogenated alkanes) is 32. The molecule has 0 aliphatic heterocycles. The van der Waals surface area contributed by atoms with Gasteiger partial charge < -0.3 is 14.2 Å². The quantitative estimate of drug-likeness (QED) is 0.0263. The Labute approximate surface area is 360 Å². The van der Waals surface area contributed by atoms with Crippen molar-refractivity contribution in [2.75, 3.05) is 13.2 Å². The average Bonchev–Trinajstić information content (AvgIpc) is 3.22. The maximum Gasteiger partial charge on any atom is 0.306 e. The van der Waals surface area contributed by atoms with Gasteiger partial charge >= 0.3 is 17.9 Å². The summed E-state index contributed by atoms with van der Waals surface area (Å²) in [6.45, 7) is 6.59. The highest BCUT2D eigenvalue weighted by Gasteiger charge is 2.19. The van der Waals surface area contributed by atoms with Gasteiger partial charge in [-0.15, -0.1) is 0 Å². The summed E-state index contributed by atoms with van der Waals surface area (Å²) in [5, 5.41) is 0. The summed E-state index contributed by atoms with van der Waals surface area (Å²) in [5.74, 6) is -0.891. The smallest absolute Gasteiger partial charge is 0.306 e. The fraction of sp³-hybridized carbons (Fsp3) is 0.865. The van der Waals surface area contributed by atoms with Crippen LogP contribution in [-0.4, -0.2) is 37.2 Å². The minimum Gasteiger partial charge on any atom is -0.462 e. The maximum atomic E-state index is 12.8. The van der Waals surface area contributed by atoms with E-state index in [1.54, 1.807) is 0 Å². The molecule has 0 aromatic heterocycles. The van der Waals surface area contributed by atoms with E-state index in [9.17, 15) is 14.4 Å². The molecule has 0 saturated heterocycles. The summed E-state index contributed by atoms with van der Waals surface area (Å²) in [6.07, 6.45) is 53.0. The van der Waals surface area contributed by atoms with Gasteiger partial charge in [0.15, 0.2) is 6.10 Å². The minimum atomic E-state index is -0.774. The molecule has 0 aromatic carbocycles. The molecule has 0 heterocycles. The summed E-state index contributed by atoms with van der Waals surface area (Å²) in [7, 11) is 0. The molecule has 0 N–H and O–H groups in total. The van der Waals surface area contributed by atoms with E-state index in [0.717, 1.165) is 70.6 Å². The van der Waals surface area contributed by atoms with Crippen molar-refractivity contribution in [3.63, 3.8) is 0 Å². The number of ether oxygens (including phenoxy) is 3. The van der Waals surface area contributed by atoms with Crippen molar-refractivity contribution in [2.24, 2.45) is 0 Å². The van der Waals surface area contributed by atoms with Crippen molar-refractivity contribution in [1.82, 2.24) is 0 Å². The Balaban J connectivity index is 4.34. The molecule has 6 nitrogen and oxygen atoms in total. The lowest BCUT2D eigenvalue weighted by Gasteiger charge is -2.18. The van der Waals surface area contributed by atoms with Crippen molar-refractivity contribution in [3.8, 4) is 0 Å². The molecule has 1 atom stereocenters. The number of rotatable bonds is 46. The second-order valence-corrected chi connectivity index (χ2v) is 17.1. The van der Waals surface area contributed by atoms with Gasteiger partial charge in [-0.25, -0.2) is 0 Å². The fourth-order valence-corrected chi connectivity index (χ4v) is 7.36. The van der Waals surface area contributed by atoms with Gasteiger partial charge in [0.2, 0.25) is 0 Å². The van der Waals surface area contributed by atoms with Crippen molar-refractivity contribution in [1.29, 1.82) is 0 Å². The van der Waals surface area contributed by atoms with Crippen LogP contribution in [0.15, 0.2) is 24.3 Å². The molecule has 0 aliphatic carbocycles. The zero-order chi connectivity index (χ0) is 42.3. The summed E-state index contributed by atoms with van der Waals surface area (Å²) in [5.41, 5.74) is 0. The van der Waals surface area contributed by atoms with Crippen molar-refractivity contribution >= 4 is 17.9 Å². The molecule has 0 amide bonds. The van der Waals surface area contributed by atoms with Gasteiger partial charge in [-0.2, -0.15) is 0 Å². The molecular weight excluding hydrogens is 721 g/mol. The van der Waals surface area contributed by atoms with E-state index in [2.05, 4.69) is 45.1 Å². The number of carbonyl (C=O) groups is 3. The monoisotopic (exact) mass is 817 g/mol. The molecule has 0 aliphatic rings. The van der Waals surface area contributed by atoms with Crippen molar-refractivity contribution < 1.29 is 28.6 Å². The molecule has 0 bridgehead atoms. The average molecular weight is 817 g/mol. The minimum absolute atomic E-state index is 0.0748. The van der Waals surface area contributed by atoms with Crippen LogP contribution >= 0.6 is 0 Å². The Hall–Kier alpha value is -2.11. The summed E-state index contributed by atoms with van der Waals surface area (Å²) < 4.78 is 16.8. The number of allylic oxidation sites excluding steroid dienone is 4. The van der Waals surface area contributed by atoms with E-state index < -0.39 is 6.10 Å². The van der Waals surface area contributed by atoms with E-state index in [0.29, 0.717) is 19.3 Å². The van der Waals surface area contributed by atoms with Crippen LogP contribution in [0.1, 0.15) is 271 Å². The van der Waals surface area contributed by atoms with Crippen LogP contribution in [0.25, 0.3) is 0 Å². The standard InChI is InChI=1S/C52H96O6/c1-4-7-10-13-16-19-22-24-26-28-30-33-36-39-42-45-51(54)57-48-49(47-56-50(53)44-41-38-35-32-29-21-18-15-12-9-6-3)58-52(55)46-43-40-37-34-31-27-25-23-20-17-14-11-8-5-2/h15,18,21,29,49H,4-14,16-17,19-20,22-28,30-48H2,1-3H3/b18-15-,29-21-. The predicted molar refractivity (Wildman–Crippen MR) is 247 cm³/mol. The van der Waals surface area contributed by atoms with Crippen LogP contribution in [0.4, 0.5) is 0 Å². The Kier molecular flexibility index (Phi) is 45.8. The SMILES string of the molecule is CCCC/C=C\C=C/CCCCCC(=O)OCC(COC(=O)CCCCCCCCCCCCCCCCC)OC(=O)CCCCCCCCCCCCCCCC. The van der Waals surface area contributed by atoms with Crippen LogP contribution < -0.4 is 0 Å². The molecule has 6 heteroatoms. The molecule has 0 spiro atoms. The first-order valence-corrected chi connectivity index (χ1v) is 25.4. The van der Waals surface area contributed by atoms with Crippen LogP contribution in [-0.2, 0) is 28.6 Å². The summed E-state index contributed by atoms with van der Waals surface area (Å²) >= 11 is 0. The third-order valence-corrected chi connectivity index (χ3v) is 11.2. The highest BCUT2D eigenvalue weighted by Crippen LogP contribution is 2.16. The first kappa shape index (κ1) is 55.9. The van der Waals surface area contributed by atoms with Crippen LogP contribution in [0, 0.1) is 0 Å². The predicted octanol–water partition coefficient (Wildman–Crippen LogP) is 16.4. The number of esters is 3. The highest BCUT2D eigenvalue weighted by atomic mass is 16.6. The lowest BCUT2D eigenvalue weighted by atomic mass is 10.0. The summed E-state index contributed by atoms with van der Waals surface area (Å²) in [6, 6.07) is 0. The molecule has 0 aromatic rings. The van der Waals surface area contributed by atoms with Crippen LogP contribution in [0.3, 0.4) is 0 Å². The first-order valence-electron chi connectivity index (χ1n) is 25.4. The number of carbonyl (C=O) groups excluding carboxylic acids is 3.